The van der Waals surface area contributed by atoms with Gasteiger partial charge in [-0.25, -0.2) is 4.98 Å². The van der Waals surface area contributed by atoms with E-state index in [0.717, 1.165) is 35.9 Å². The number of ether oxygens (including phenoxy) is 1. The molecular formula is C23H26N4O2S. The van der Waals surface area contributed by atoms with Crippen LogP contribution in [0.1, 0.15) is 11.1 Å². The number of nitrogens with zero attached hydrogens (tertiary/aromatic N) is 3. The molecule has 1 amide bonds. The predicted octanol–water partition coefficient (Wildman–Crippen LogP) is 4.86. The summed E-state index contributed by atoms with van der Waals surface area (Å²) < 4.78 is 8.53. The highest BCUT2D eigenvalue weighted by atomic mass is 32.2. The largest absolute Gasteiger partial charge is 0.479 e. The first-order chi connectivity index (χ1) is 14.5. The summed E-state index contributed by atoms with van der Waals surface area (Å²) in [6, 6.07) is 16.4. The van der Waals surface area contributed by atoms with Crippen molar-refractivity contribution in [1.82, 2.24) is 9.88 Å². The van der Waals surface area contributed by atoms with Crippen molar-refractivity contribution in [3.05, 3.63) is 59.7 Å². The lowest BCUT2D eigenvalue weighted by Gasteiger charge is -2.36. The number of aromatic nitrogens is 1. The van der Waals surface area contributed by atoms with Crippen LogP contribution in [0.25, 0.3) is 10.9 Å². The van der Waals surface area contributed by atoms with Crippen molar-refractivity contribution in [1.29, 1.82) is 0 Å². The zero-order valence-corrected chi connectivity index (χ0v) is 18.3. The molecule has 1 aliphatic heterocycles. The number of piperazine rings is 1. The molecule has 6 nitrogen and oxygen atoms in total. The quantitative estimate of drug-likeness (QED) is 0.606. The Kier molecular flexibility index (Phi) is 5.99. The molecule has 0 bridgehead atoms. The van der Waals surface area contributed by atoms with Crippen molar-refractivity contribution in [2.45, 2.75) is 13.8 Å². The number of benzene rings is 2. The number of rotatable bonds is 4. The topological polar surface area (TPSA) is 57.7 Å². The van der Waals surface area contributed by atoms with E-state index in [0.29, 0.717) is 24.7 Å². The number of aryl methyl sites for hydroxylation is 2. The van der Waals surface area contributed by atoms with Gasteiger partial charge in [0.05, 0.1) is 12.6 Å². The smallest absolute Gasteiger partial charge is 0.302 e. The highest BCUT2D eigenvalue weighted by Gasteiger charge is 2.22. The van der Waals surface area contributed by atoms with E-state index in [1.807, 2.05) is 35.2 Å². The fourth-order valence-electron chi connectivity index (χ4n) is 3.77. The third-order valence-corrected chi connectivity index (χ3v) is 5.99. The maximum Gasteiger partial charge on any atom is 0.302 e. The minimum absolute atomic E-state index is 0.00489. The number of carbonyl (C=O) groups is 1. The van der Waals surface area contributed by atoms with E-state index in [1.54, 1.807) is 7.11 Å². The third-order valence-electron chi connectivity index (χ3n) is 5.24. The molecule has 1 N–H and O–H groups in total. The summed E-state index contributed by atoms with van der Waals surface area (Å²) in [5, 5.41) is 1.00. The average Bonchev–Trinajstić information content (AvgIpc) is 2.76. The van der Waals surface area contributed by atoms with Gasteiger partial charge in [-0.05, 0) is 49.2 Å². The van der Waals surface area contributed by atoms with Crippen LogP contribution < -0.4 is 14.4 Å². The fraction of sp³-hybridized carbons (Fsp3) is 0.304. The predicted molar refractivity (Wildman–Crippen MR) is 125 cm³/mol. The van der Waals surface area contributed by atoms with Crippen LogP contribution in [0, 0.1) is 13.8 Å². The Labute approximate surface area is 181 Å². The van der Waals surface area contributed by atoms with Gasteiger partial charge in [-0.1, -0.05) is 24.3 Å². The minimum Gasteiger partial charge on any atom is -0.479 e. The zero-order valence-electron chi connectivity index (χ0n) is 17.5. The Balaban J connectivity index is 1.37. The normalized spacial score (nSPS) is 14.1. The van der Waals surface area contributed by atoms with Crippen LogP contribution in [0.4, 0.5) is 16.2 Å². The second kappa shape index (κ2) is 8.83. The Morgan fingerprint density at radius 1 is 1.03 bits per heavy atom. The van der Waals surface area contributed by atoms with Gasteiger partial charge >= 0.3 is 5.24 Å². The fourth-order valence-corrected chi connectivity index (χ4v) is 4.43. The molecule has 2 aromatic carbocycles. The number of nitrogens with one attached hydrogen (secondary N) is 1. The van der Waals surface area contributed by atoms with Gasteiger partial charge in [0.15, 0.2) is 0 Å². The molecule has 1 saturated heterocycles. The maximum absolute atomic E-state index is 12.7. The Bertz CT molecular complexity index is 1040. The van der Waals surface area contributed by atoms with Gasteiger partial charge in [0.25, 0.3) is 0 Å². The number of para-hydroxylation sites is 1. The molecular weight excluding hydrogens is 396 g/mol. The molecule has 156 valence electrons. The van der Waals surface area contributed by atoms with Gasteiger partial charge in [-0.15, -0.1) is 0 Å². The van der Waals surface area contributed by atoms with Crippen LogP contribution in [-0.2, 0) is 0 Å². The second-order valence-corrected chi connectivity index (χ2v) is 8.29. The molecule has 1 aliphatic rings. The first-order valence-electron chi connectivity index (χ1n) is 10.0. The van der Waals surface area contributed by atoms with Gasteiger partial charge in [0.1, 0.15) is 5.69 Å². The van der Waals surface area contributed by atoms with E-state index < -0.39 is 0 Å². The molecule has 0 aliphatic carbocycles. The minimum atomic E-state index is 0.00489. The molecule has 0 unspecified atom stereocenters. The number of fused-ring (bicyclic) bond motifs is 1. The number of pyridine rings is 1. The molecule has 1 aromatic heterocycles. The number of hydrogen-bond acceptors (Lipinski definition) is 6. The monoisotopic (exact) mass is 422 g/mol. The SMILES string of the molecule is COc1nc2ccccc2cc1NSC(=O)N1CCN(c2cc(C)cc(C)c2)CC1. The summed E-state index contributed by atoms with van der Waals surface area (Å²) in [5.41, 5.74) is 5.32. The van der Waals surface area contributed by atoms with E-state index >= 15 is 0 Å². The summed E-state index contributed by atoms with van der Waals surface area (Å²) in [7, 11) is 1.58. The summed E-state index contributed by atoms with van der Waals surface area (Å²) in [4.78, 5) is 21.5. The molecule has 0 spiro atoms. The lowest BCUT2D eigenvalue weighted by molar-refractivity contribution is 0.219. The number of carbonyl (C=O) groups excluding carboxylic acids is 1. The van der Waals surface area contributed by atoms with Crippen molar-refractivity contribution < 1.29 is 9.53 Å². The summed E-state index contributed by atoms with van der Waals surface area (Å²) in [6.45, 7) is 7.30. The molecule has 0 radical (unpaired) electrons. The molecule has 7 heteroatoms. The summed E-state index contributed by atoms with van der Waals surface area (Å²) >= 11 is 1.07. The van der Waals surface area contributed by atoms with E-state index in [4.69, 9.17) is 4.74 Å². The first kappa shape index (κ1) is 20.3. The van der Waals surface area contributed by atoms with Crippen LogP contribution >= 0.6 is 11.9 Å². The Morgan fingerprint density at radius 3 is 2.43 bits per heavy atom. The van der Waals surface area contributed by atoms with E-state index in [1.165, 1.54) is 16.8 Å². The van der Waals surface area contributed by atoms with E-state index in [2.05, 4.69) is 46.7 Å². The lowest BCUT2D eigenvalue weighted by Crippen LogP contribution is -2.47. The van der Waals surface area contributed by atoms with Gasteiger partial charge in [-0.2, -0.15) is 0 Å². The molecule has 30 heavy (non-hydrogen) atoms. The first-order valence-corrected chi connectivity index (χ1v) is 10.8. The molecule has 1 fully saturated rings. The number of amides is 1. The molecule has 3 aromatic rings. The Morgan fingerprint density at radius 2 is 1.73 bits per heavy atom. The average molecular weight is 423 g/mol. The van der Waals surface area contributed by atoms with Crippen molar-refractivity contribution in [2.75, 3.05) is 42.9 Å². The lowest BCUT2D eigenvalue weighted by atomic mass is 10.1. The van der Waals surface area contributed by atoms with Crippen molar-refractivity contribution >= 4 is 39.5 Å². The third kappa shape index (κ3) is 4.46. The van der Waals surface area contributed by atoms with Gasteiger partial charge in [-0.3, -0.25) is 4.79 Å². The summed E-state index contributed by atoms with van der Waals surface area (Å²) in [6.07, 6.45) is 0. The van der Waals surface area contributed by atoms with Gasteiger partial charge in [0, 0.05) is 49.2 Å². The van der Waals surface area contributed by atoms with Crippen LogP contribution in [-0.4, -0.2) is 48.4 Å². The van der Waals surface area contributed by atoms with E-state index in [-0.39, 0.29) is 5.24 Å². The summed E-state index contributed by atoms with van der Waals surface area (Å²) in [5.74, 6) is 0.480. The van der Waals surface area contributed by atoms with Crippen molar-refractivity contribution in [3.8, 4) is 5.88 Å². The highest BCUT2D eigenvalue weighted by molar-refractivity contribution is 8.14. The maximum atomic E-state index is 12.7. The number of methoxy groups -OCH3 is 1. The molecule has 2 heterocycles. The standard InChI is InChI=1S/C23H26N4O2S/c1-16-12-17(2)14-19(13-16)26-8-10-27(11-9-26)23(28)30-25-21-15-18-6-4-5-7-20(18)24-22(21)29-3/h4-7,12-15,25H,8-11H2,1-3H3. The number of anilines is 2. The van der Waals surface area contributed by atoms with Gasteiger partial charge in [0.2, 0.25) is 5.88 Å². The highest BCUT2D eigenvalue weighted by Crippen LogP contribution is 2.29. The van der Waals surface area contributed by atoms with Crippen LogP contribution in [0.15, 0.2) is 48.5 Å². The Hall–Kier alpha value is -2.93. The van der Waals surface area contributed by atoms with Crippen molar-refractivity contribution in [2.24, 2.45) is 0 Å². The van der Waals surface area contributed by atoms with Crippen LogP contribution in [0.2, 0.25) is 0 Å². The van der Waals surface area contributed by atoms with Gasteiger partial charge < -0.3 is 19.3 Å². The molecule has 0 atom stereocenters. The molecule has 4 rings (SSSR count). The van der Waals surface area contributed by atoms with Crippen LogP contribution in [0.5, 0.6) is 5.88 Å². The second-order valence-electron chi connectivity index (χ2n) is 7.53. The van der Waals surface area contributed by atoms with Crippen molar-refractivity contribution in [3.63, 3.8) is 0 Å². The zero-order chi connectivity index (χ0) is 21.1. The van der Waals surface area contributed by atoms with E-state index in [9.17, 15) is 4.79 Å². The number of hydrogen-bond donors (Lipinski definition) is 1. The van der Waals surface area contributed by atoms with Crippen LogP contribution in [0.3, 0.4) is 0 Å². The molecule has 0 saturated carbocycles.